The second kappa shape index (κ2) is 6.94. The quantitative estimate of drug-likeness (QED) is 0.787. The van der Waals surface area contributed by atoms with Crippen LogP contribution < -0.4 is 0 Å². The Kier molecular flexibility index (Phi) is 5.25. The molecule has 19 heavy (non-hydrogen) atoms. The highest BCUT2D eigenvalue weighted by molar-refractivity contribution is 6.31. The molecule has 3 nitrogen and oxygen atoms in total. The van der Waals surface area contributed by atoms with Gasteiger partial charge in [-0.25, -0.2) is 0 Å². The molecule has 4 heteroatoms. The molecule has 0 fully saturated rings. The van der Waals surface area contributed by atoms with Gasteiger partial charge in [-0.05, 0) is 18.6 Å². The molecule has 0 saturated carbocycles. The summed E-state index contributed by atoms with van der Waals surface area (Å²) in [5.41, 5.74) is 1.98. The van der Waals surface area contributed by atoms with Crippen LogP contribution in [0.25, 0.3) is 10.9 Å². The minimum atomic E-state index is 0.0435. The first kappa shape index (κ1) is 14.4. The first-order chi connectivity index (χ1) is 9.26. The lowest BCUT2D eigenvalue weighted by Crippen LogP contribution is -2.05. The molecule has 0 saturated heterocycles. The number of aliphatic hydroxyl groups excluding tert-OH is 1. The highest BCUT2D eigenvalue weighted by atomic mass is 35.5. The average molecular weight is 282 g/mol. The van der Waals surface area contributed by atoms with Crippen LogP contribution in [0.5, 0.6) is 0 Å². The second-order valence-corrected chi connectivity index (χ2v) is 5.07. The van der Waals surface area contributed by atoms with Gasteiger partial charge in [-0.2, -0.15) is 0 Å². The Labute approximate surface area is 118 Å². The zero-order chi connectivity index (χ0) is 13.7. The molecule has 1 aromatic heterocycles. The minimum Gasteiger partial charge on any atom is -0.392 e. The van der Waals surface area contributed by atoms with Crippen LogP contribution in [0.1, 0.15) is 25.3 Å². The number of hydrogen-bond donors (Lipinski definition) is 1. The number of aromatic nitrogens is 1. The molecule has 2 aromatic rings. The summed E-state index contributed by atoms with van der Waals surface area (Å²) < 4.78 is 7.68. The van der Waals surface area contributed by atoms with E-state index in [1.165, 1.54) is 0 Å². The van der Waals surface area contributed by atoms with E-state index < -0.39 is 0 Å². The van der Waals surface area contributed by atoms with E-state index in [9.17, 15) is 5.11 Å². The van der Waals surface area contributed by atoms with Crippen molar-refractivity contribution >= 4 is 22.5 Å². The van der Waals surface area contributed by atoms with Crippen LogP contribution in [-0.4, -0.2) is 22.9 Å². The predicted molar refractivity (Wildman–Crippen MR) is 78.6 cm³/mol. The van der Waals surface area contributed by atoms with Gasteiger partial charge in [0, 0.05) is 40.8 Å². The summed E-state index contributed by atoms with van der Waals surface area (Å²) in [5, 5.41) is 11.1. The molecule has 1 aromatic carbocycles. The van der Waals surface area contributed by atoms with Crippen molar-refractivity contribution in [1.29, 1.82) is 0 Å². The van der Waals surface area contributed by atoms with Gasteiger partial charge in [0.05, 0.1) is 13.2 Å². The third-order valence-electron chi connectivity index (χ3n) is 3.22. The molecule has 0 bridgehead atoms. The number of benzene rings is 1. The predicted octanol–water partition coefficient (Wildman–Crippen LogP) is 3.60. The molecular weight excluding hydrogens is 262 g/mol. The number of unbranched alkanes of at least 4 members (excludes halogenated alkanes) is 1. The van der Waals surface area contributed by atoms with Gasteiger partial charge < -0.3 is 14.4 Å². The maximum absolute atomic E-state index is 9.38. The van der Waals surface area contributed by atoms with E-state index in [2.05, 4.69) is 11.5 Å². The van der Waals surface area contributed by atoms with Gasteiger partial charge in [-0.1, -0.05) is 31.0 Å². The summed E-state index contributed by atoms with van der Waals surface area (Å²) in [7, 11) is 0. The highest BCUT2D eigenvalue weighted by Gasteiger charge is 2.08. The van der Waals surface area contributed by atoms with E-state index in [4.69, 9.17) is 16.3 Å². The summed E-state index contributed by atoms with van der Waals surface area (Å²) in [6.07, 6.45) is 4.22. The Hall–Kier alpha value is -1.03. The molecule has 1 N–H and O–H groups in total. The first-order valence-electron chi connectivity index (χ1n) is 6.72. The number of nitrogens with zero attached hydrogens (tertiary/aromatic N) is 1. The van der Waals surface area contributed by atoms with Crippen molar-refractivity contribution in [2.45, 2.75) is 32.9 Å². The van der Waals surface area contributed by atoms with Crippen molar-refractivity contribution in [3.63, 3.8) is 0 Å². The standard InChI is InChI=1S/C15H20ClNO2/c1-2-3-7-19-8-6-17-10-12(11-18)14-5-4-13(16)9-15(14)17/h4-5,9-10,18H,2-3,6-8,11H2,1H3. The largest absolute Gasteiger partial charge is 0.392 e. The normalized spacial score (nSPS) is 11.3. The van der Waals surface area contributed by atoms with E-state index in [0.717, 1.165) is 42.5 Å². The summed E-state index contributed by atoms with van der Waals surface area (Å²) in [6, 6.07) is 5.74. The summed E-state index contributed by atoms with van der Waals surface area (Å²) in [5.74, 6) is 0. The Morgan fingerprint density at radius 3 is 2.89 bits per heavy atom. The lowest BCUT2D eigenvalue weighted by Gasteiger charge is -2.06. The van der Waals surface area contributed by atoms with Gasteiger partial charge in [-0.3, -0.25) is 0 Å². The third-order valence-corrected chi connectivity index (χ3v) is 3.45. The van der Waals surface area contributed by atoms with Crippen molar-refractivity contribution < 1.29 is 9.84 Å². The van der Waals surface area contributed by atoms with Gasteiger partial charge in [0.2, 0.25) is 0 Å². The Balaban J connectivity index is 2.11. The molecule has 2 rings (SSSR count). The van der Waals surface area contributed by atoms with Crippen LogP contribution in [0.4, 0.5) is 0 Å². The number of rotatable bonds is 7. The summed E-state index contributed by atoms with van der Waals surface area (Å²) >= 11 is 6.04. The fourth-order valence-electron chi connectivity index (χ4n) is 2.16. The number of fused-ring (bicyclic) bond motifs is 1. The molecule has 0 amide bonds. The van der Waals surface area contributed by atoms with E-state index >= 15 is 0 Å². The smallest absolute Gasteiger partial charge is 0.0702 e. The summed E-state index contributed by atoms with van der Waals surface area (Å²) in [4.78, 5) is 0. The first-order valence-corrected chi connectivity index (χ1v) is 7.10. The second-order valence-electron chi connectivity index (χ2n) is 4.63. The number of ether oxygens (including phenoxy) is 1. The summed E-state index contributed by atoms with van der Waals surface area (Å²) in [6.45, 7) is 4.46. The lowest BCUT2D eigenvalue weighted by atomic mass is 10.2. The molecule has 0 radical (unpaired) electrons. The monoisotopic (exact) mass is 281 g/mol. The molecule has 0 spiro atoms. The van der Waals surface area contributed by atoms with Crippen molar-refractivity contribution in [1.82, 2.24) is 4.57 Å². The van der Waals surface area contributed by atoms with Crippen LogP contribution >= 0.6 is 11.6 Å². The zero-order valence-electron chi connectivity index (χ0n) is 11.2. The molecular formula is C15H20ClNO2. The van der Waals surface area contributed by atoms with Crippen LogP contribution in [0.15, 0.2) is 24.4 Å². The van der Waals surface area contributed by atoms with E-state index in [1.54, 1.807) is 0 Å². The Morgan fingerprint density at radius 1 is 1.32 bits per heavy atom. The van der Waals surface area contributed by atoms with Crippen LogP contribution in [0.3, 0.4) is 0 Å². The SMILES string of the molecule is CCCCOCCn1cc(CO)c2ccc(Cl)cc21. The van der Waals surface area contributed by atoms with Crippen LogP contribution in [0, 0.1) is 0 Å². The Bertz CT molecular complexity index is 536. The van der Waals surface area contributed by atoms with Crippen molar-refractivity contribution in [2.24, 2.45) is 0 Å². The molecule has 1 heterocycles. The lowest BCUT2D eigenvalue weighted by molar-refractivity contribution is 0.124. The fourth-order valence-corrected chi connectivity index (χ4v) is 2.33. The topological polar surface area (TPSA) is 34.4 Å². The van der Waals surface area contributed by atoms with E-state index in [-0.39, 0.29) is 6.61 Å². The van der Waals surface area contributed by atoms with E-state index in [0.29, 0.717) is 11.6 Å². The third kappa shape index (κ3) is 3.50. The molecule has 0 aliphatic rings. The number of hydrogen-bond acceptors (Lipinski definition) is 2. The zero-order valence-corrected chi connectivity index (χ0v) is 12.0. The van der Waals surface area contributed by atoms with Crippen molar-refractivity contribution in [3.05, 3.63) is 35.0 Å². The van der Waals surface area contributed by atoms with Gasteiger partial charge >= 0.3 is 0 Å². The van der Waals surface area contributed by atoms with Crippen LogP contribution in [0.2, 0.25) is 5.02 Å². The maximum Gasteiger partial charge on any atom is 0.0702 e. The fraction of sp³-hybridized carbons (Fsp3) is 0.467. The molecule has 104 valence electrons. The number of aliphatic hydroxyl groups is 1. The minimum absolute atomic E-state index is 0.0435. The van der Waals surface area contributed by atoms with Crippen molar-refractivity contribution in [2.75, 3.05) is 13.2 Å². The van der Waals surface area contributed by atoms with Gasteiger partial charge in [0.25, 0.3) is 0 Å². The molecule has 0 aliphatic heterocycles. The molecule has 0 aliphatic carbocycles. The van der Waals surface area contributed by atoms with Gasteiger partial charge in [0.15, 0.2) is 0 Å². The average Bonchev–Trinajstić information content (AvgIpc) is 2.76. The molecule has 0 atom stereocenters. The van der Waals surface area contributed by atoms with Crippen molar-refractivity contribution in [3.8, 4) is 0 Å². The van der Waals surface area contributed by atoms with Gasteiger partial charge in [0.1, 0.15) is 0 Å². The van der Waals surface area contributed by atoms with Crippen LogP contribution in [-0.2, 0) is 17.9 Å². The van der Waals surface area contributed by atoms with Gasteiger partial charge in [-0.15, -0.1) is 0 Å². The number of halogens is 1. The highest BCUT2D eigenvalue weighted by Crippen LogP contribution is 2.24. The van der Waals surface area contributed by atoms with E-state index in [1.807, 2.05) is 24.4 Å². The molecule has 0 unspecified atom stereocenters. The Morgan fingerprint density at radius 2 is 2.16 bits per heavy atom. The maximum atomic E-state index is 9.38.